The maximum absolute atomic E-state index is 11.5. The number of ether oxygens (including phenoxy) is 1. The molecule has 4 bridgehead atoms. The first-order chi connectivity index (χ1) is 12.2. The molecule has 0 spiro atoms. The van der Waals surface area contributed by atoms with E-state index in [1.54, 1.807) is 22.8 Å². The predicted molar refractivity (Wildman–Crippen MR) is 93.2 cm³/mol. The van der Waals surface area contributed by atoms with Gasteiger partial charge in [0.2, 0.25) is 0 Å². The van der Waals surface area contributed by atoms with Crippen LogP contribution >= 0.6 is 0 Å². The summed E-state index contributed by atoms with van der Waals surface area (Å²) in [5.41, 5.74) is 2.36. The fourth-order valence-electron chi connectivity index (χ4n) is 2.94. The Morgan fingerprint density at radius 3 is 3.04 bits per heavy atom. The van der Waals surface area contributed by atoms with Crippen LogP contribution in [0.3, 0.4) is 0 Å². The number of carboxylic acid groups (broad SMARTS) is 1. The first-order valence-corrected chi connectivity index (χ1v) is 8.30. The van der Waals surface area contributed by atoms with Crippen LogP contribution in [0.15, 0.2) is 36.7 Å². The topological polar surface area (TPSA) is 88.8 Å². The van der Waals surface area contributed by atoms with E-state index >= 15 is 0 Å². The van der Waals surface area contributed by atoms with Crippen LogP contribution in [-0.4, -0.2) is 38.8 Å². The van der Waals surface area contributed by atoms with Gasteiger partial charge < -0.3 is 15.2 Å². The van der Waals surface area contributed by atoms with Gasteiger partial charge in [0.1, 0.15) is 11.6 Å². The minimum absolute atomic E-state index is 0.188. The molecule has 0 atom stereocenters. The molecule has 7 nitrogen and oxygen atoms in total. The Morgan fingerprint density at radius 2 is 2.16 bits per heavy atom. The lowest BCUT2D eigenvalue weighted by atomic mass is 10.0. The molecule has 128 valence electrons. The molecule has 7 heteroatoms. The molecule has 25 heavy (non-hydrogen) atoms. The van der Waals surface area contributed by atoms with E-state index in [9.17, 15) is 9.90 Å². The summed E-state index contributed by atoms with van der Waals surface area (Å²) >= 11 is 0. The largest absolute Gasteiger partial charge is 0.494 e. The van der Waals surface area contributed by atoms with E-state index in [1.165, 1.54) is 0 Å². The molecule has 3 heterocycles. The zero-order valence-corrected chi connectivity index (χ0v) is 13.6. The SMILES string of the molecule is O=C(O)c1cc2cc(c1)-c1cnn3ccc(nc13)NCCCCCO2. The Morgan fingerprint density at radius 1 is 1.24 bits per heavy atom. The highest BCUT2D eigenvalue weighted by Crippen LogP contribution is 2.29. The molecule has 0 radical (unpaired) electrons. The van der Waals surface area contributed by atoms with Crippen LogP contribution in [0.2, 0.25) is 0 Å². The molecule has 2 aromatic heterocycles. The number of aromatic carboxylic acids is 1. The van der Waals surface area contributed by atoms with Gasteiger partial charge in [-0.15, -0.1) is 0 Å². The fraction of sp³-hybridized carbons (Fsp3) is 0.278. The molecule has 1 aromatic carbocycles. The number of anilines is 1. The van der Waals surface area contributed by atoms with Crippen molar-refractivity contribution in [1.29, 1.82) is 0 Å². The lowest BCUT2D eigenvalue weighted by Crippen LogP contribution is -2.06. The van der Waals surface area contributed by atoms with Crippen molar-refractivity contribution in [3.8, 4) is 16.9 Å². The maximum Gasteiger partial charge on any atom is 0.335 e. The highest BCUT2D eigenvalue weighted by atomic mass is 16.5. The zero-order chi connectivity index (χ0) is 17.2. The van der Waals surface area contributed by atoms with Gasteiger partial charge in [0, 0.05) is 18.3 Å². The van der Waals surface area contributed by atoms with Crippen molar-refractivity contribution >= 4 is 17.4 Å². The van der Waals surface area contributed by atoms with E-state index in [1.807, 2.05) is 18.3 Å². The van der Waals surface area contributed by atoms with Crippen molar-refractivity contribution < 1.29 is 14.6 Å². The number of aromatic nitrogens is 3. The lowest BCUT2D eigenvalue weighted by Gasteiger charge is -2.11. The minimum Gasteiger partial charge on any atom is -0.494 e. The van der Waals surface area contributed by atoms with Crippen molar-refractivity contribution in [3.63, 3.8) is 0 Å². The van der Waals surface area contributed by atoms with Crippen molar-refractivity contribution in [3.05, 3.63) is 42.2 Å². The number of hydrogen-bond acceptors (Lipinski definition) is 5. The van der Waals surface area contributed by atoms with Crippen LogP contribution in [-0.2, 0) is 0 Å². The van der Waals surface area contributed by atoms with Crippen LogP contribution < -0.4 is 10.1 Å². The first kappa shape index (κ1) is 15.4. The zero-order valence-electron chi connectivity index (χ0n) is 13.6. The number of fused-ring (bicyclic) bond motifs is 4. The van der Waals surface area contributed by atoms with Gasteiger partial charge in [-0.05, 0) is 49.1 Å². The third kappa shape index (κ3) is 3.13. The van der Waals surface area contributed by atoms with Gasteiger partial charge in [-0.1, -0.05) is 0 Å². The third-order valence-electron chi connectivity index (χ3n) is 4.23. The highest BCUT2D eigenvalue weighted by Gasteiger charge is 2.14. The Bertz CT molecular complexity index is 935. The molecular formula is C18H18N4O3. The third-order valence-corrected chi connectivity index (χ3v) is 4.23. The van der Waals surface area contributed by atoms with E-state index < -0.39 is 5.97 Å². The van der Waals surface area contributed by atoms with Gasteiger partial charge >= 0.3 is 5.97 Å². The number of benzene rings is 1. The van der Waals surface area contributed by atoms with Crippen LogP contribution in [0.4, 0.5) is 5.82 Å². The number of carbonyl (C=O) groups is 1. The molecule has 0 aliphatic carbocycles. The van der Waals surface area contributed by atoms with Gasteiger partial charge in [-0.2, -0.15) is 5.10 Å². The predicted octanol–water partition coefficient (Wildman–Crippen LogP) is 3.07. The van der Waals surface area contributed by atoms with Gasteiger partial charge in [-0.3, -0.25) is 0 Å². The molecule has 0 unspecified atom stereocenters. The van der Waals surface area contributed by atoms with Crippen LogP contribution in [0.25, 0.3) is 16.8 Å². The second kappa shape index (κ2) is 6.43. The van der Waals surface area contributed by atoms with E-state index in [0.29, 0.717) is 18.0 Å². The normalized spacial score (nSPS) is 14.6. The Labute approximate surface area is 144 Å². The Hall–Kier alpha value is -3.09. The number of carboxylic acids is 1. The molecule has 2 N–H and O–H groups in total. The van der Waals surface area contributed by atoms with Crippen LogP contribution in [0, 0.1) is 0 Å². The van der Waals surface area contributed by atoms with E-state index in [-0.39, 0.29) is 5.56 Å². The molecule has 4 rings (SSSR count). The van der Waals surface area contributed by atoms with Crippen molar-refractivity contribution in [1.82, 2.24) is 14.6 Å². The summed E-state index contributed by atoms with van der Waals surface area (Å²) in [6.45, 7) is 1.41. The second-order valence-corrected chi connectivity index (χ2v) is 6.03. The summed E-state index contributed by atoms with van der Waals surface area (Å²) in [6.07, 6.45) is 6.50. The number of nitrogens with one attached hydrogen (secondary N) is 1. The summed E-state index contributed by atoms with van der Waals surface area (Å²) in [7, 11) is 0. The monoisotopic (exact) mass is 338 g/mol. The van der Waals surface area contributed by atoms with Gasteiger partial charge in [-0.25, -0.2) is 14.3 Å². The molecule has 3 aromatic rings. The smallest absolute Gasteiger partial charge is 0.335 e. The number of nitrogens with zero attached hydrogens (tertiary/aromatic N) is 3. The Balaban J connectivity index is 1.89. The maximum atomic E-state index is 11.5. The Kier molecular flexibility index (Phi) is 3.97. The fourth-order valence-corrected chi connectivity index (χ4v) is 2.94. The average Bonchev–Trinajstić information content (AvgIpc) is 3.03. The summed E-state index contributed by atoms with van der Waals surface area (Å²) in [5, 5.41) is 17.0. The minimum atomic E-state index is -0.986. The van der Waals surface area contributed by atoms with Crippen molar-refractivity contribution in [2.45, 2.75) is 19.3 Å². The van der Waals surface area contributed by atoms with Gasteiger partial charge in [0.25, 0.3) is 0 Å². The van der Waals surface area contributed by atoms with E-state index in [2.05, 4.69) is 15.4 Å². The number of rotatable bonds is 1. The molecular weight excluding hydrogens is 320 g/mol. The lowest BCUT2D eigenvalue weighted by molar-refractivity contribution is 0.0696. The second-order valence-electron chi connectivity index (χ2n) is 6.03. The summed E-state index contributed by atoms with van der Waals surface area (Å²) in [4.78, 5) is 16.1. The molecule has 1 aliphatic heterocycles. The highest BCUT2D eigenvalue weighted by molar-refractivity contribution is 5.91. The summed E-state index contributed by atoms with van der Waals surface area (Å²) < 4.78 is 7.46. The first-order valence-electron chi connectivity index (χ1n) is 8.30. The molecule has 0 saturated carbocycles. The molecule has 0 saturated heterocycles. The van der Waals surface area contributed by atoms with E-state index in [4.69, 9.17) is 4.74 Å². The molecule has 0 amide bonds. The molecule has 0 fully saturated rings. The molecule has 1 aliphatic rings. The van der Waals surface area contributed by atoms with Crippen molar-refractivity contribution in [2.24, 2.45) is 0 Å². The van der Waals surface area contributed by atoms with Crippen LogP contribution in [0.1, 0.15) is 29.6 Å². The summed E-state index contributed by atoms with van der Waals surface area (Å²) in [5.74, 6) is 0.359. The van der Waals surface area contributed by atoms with Crippen LogP contribution in [0.5, 0.6) is 5.75 Å². The average molecular weight is 338 g/mol. The standard InChI is InChI=1S/C18H18N4O3/c23-18(24)13-8-12-9-14(10-13)25-7-3-1-2-5-19-16-4-6-22-17(21-16)15(12)11-20-22/h4,6,8-11H,1-3,5,7H2,(H,19,21)(H,23,24). The van der Waals surface area contributed by atoms with Gasteiger partial charge in [0.05, 0.1) is 18.4 Å². The van der Waals surface area contributed by atoms with E-state index in [0.717, 1.165) is 42.8 Å². The van der Waals surface area contributed by atoms with Crippen molar-refractivity contribution in [2.75, 3.05) is 18.5 Å². The number of hydrogen-bond donors (Lipinski definition) is 2. The summed E-state index contributed by atoms with van der Waals surface area (Å²) in [6, 6.07) is 6.92. The quantitative estimate of drug-likeness (QED) is 0.709. The van der Waals surface area contributed by atoms with Gasteiger partial charge in [0.15, 0.2) is 5.65 Å².